The van der Waals surface area contributed by atoms with Gasteiger partial charge in [-0.3, -0.25) is 0 Å². The number of benzene rings is 2. The molecular formula is C19H20N2O2. The van der Waals surface area contributed by atoms with E-state index in [0.29, 0.717) is 11.6 Å². The van der Waals surface area contributed by atoms with Crippen LogP contribution in [0.5, 0.6) is 0 Å². The van der Waals surface area contributed by atoms with Crippen LogP contribution >= 0.6 is 0 Å². The molecule has 0 saturated carbocycles. The van der Waals surface area contributed by atoms with Gasteiger partial charge in [0.25, 0.3) is 0 Å². The van der Waals surface area contributed by atoms with Crippen molar-refractivity contribution in [3.63, 3.8) is 0 Å². The molecule has 4 heteroatoms. The number of fused-ring (bicyclic) bond motifs is 3. The van der Waals surface area contributed by atoms with E-state index in [-0.39, 0.29) is 5.97 Å². The summed E-state index contributed by atoms with van der Waals surface area (Å²) in [7, 11) is 3.59. The van der Waals surface area contributed by atoms with Crippen molar-refractivity contribution in [2.45, 2.75) is 12.5 Å². The van der Waals surface area contributed by atoms with Gasteiger partial charge in [-0.25, -0.2) is 4.79 Å². The number of methoxy groups -OCH3 is 1. The van der Waals surface area contributed by atoms with Crippen molar-refractivity contribution in [1.82, 2.24) is 9.47 Å². The first kappa shape index (κ1) is 14.3. The van der Waals surface area contributed by atoms with Gasteiger partial charge in [0.05, 0.1) is 18.2 Å². The Morgan fingerprint density at radius 2 is 1.91 bits per heavy atom. The summed E-state index contributed by atoms with van der Waals surface area (Å²) in [4.78, 5) is 14.3. The summed E-state index contributed by atoms with van der Waals surface area (Å²) < 4.78 is 7.29. The van der Waals surface area contributed by atoms with Gasteiger partial charge >= 0.3 is 5.97 Å². The number of nitrogens with zero attached hydrogens (tertiary/aromatic N) is 2. The number of ether oxygens (including phenoxy) is 1. The fourth-order valence-electron chi connectivity index (χ4n) is 3.76. The molecule has 0 aliphatic carbocycles. The van der Waals surface area contributed by atoms with E-state index >= 15 is 0 Å². The number of carbonyl (C=O) groups excluding carboxylic acids is 1. The molecule has 2 aromatic carbocycles. The summed E-state index contributed by atoms with van der Waals surface area (Å²) in [6, 6.07) is 14.8. The van der Waals surface area contributed by atoms with Crippen molar-refractivity contribution in [2.75, 3.05) is 27.2 Å². The van der Waals surface area contributed by atoms with Crippen LogP contribution in [0.15, 0.2) is 42.5 Å². The van der Waals surface area contributed by atoms with Gasteiger partial charge in [0.15, 0.2) is 0 Å². The molecule has 118 valence electrons. The SMILES string of the molecule is COC(=O)c1ccc2c3ccccc3n([C@@H]3CCN(C)C3)c2c1. The molecule has 23 heavy (non-hydrogen) atoms. The van der Waals surface area contributed by atoms with Gasteiger partial charge in [-0.2, -0.15) is 0 Å². The lowest BCUT2D eigenvalue weighted by Gasteiger charge is -2.16. The molecule has 0 unspecified atom stereocenters. The number of esters is 1. The number of para-hydroxylation sites is 1. The monoisotopic (exact) mass is 308 g/mol. The predicted molar refractivity (Wildman–Crippen MR) is 91.9 cm³/mol. The molecule has 1 aliphatic rings. The maximum absolute atomic E-state index is 11.9. The summed E-state index contributed by atoms with van der Waals surface area (Å²) in [5.74, 6) is -0.285. The van der Waals surface area contributed by atoms with Crippen LogP contribution in [0, 0.1) is 0 Å². The van der Waals surface area contributed by atoms with E-state index in [1.54, 1.807) is 0 Å². The second-order valence-electron chi connectivity index (χ2n) is 6.32. The largest absolute Gasteiger partial charge is 0.465 e. The fraction of sp³-hybridized carbons (Fsp3) is 0.316. The maximum atomic E-state index is 11.9. The first-order valence-corrected chi connectivity index (χ1v) is 7.98. The lowest BCUT2D eigenvalue weighted by molar-refractivity contribution is 0.0601. The Hall–Kier alpha value is -2.33. The minimum absolute atomic E-state index is 0.285. The average molecular weight is 308 g/mol. The summed E-state index contributed by atoms with van der Waals surface area (Å²) >= 11 is 0. The van der Waals surface area contributed by atoms with Gasteiger partial charge in [0.1, 0.15) is 0 Å². The number of likely N-dealkylation sites (N-methyl/N-ethyl adjacent to an activating group) is 1. The molecule has 0 radical (unpaired) electrons. The molecule has 4 nitrogen and oxygen atoms in total. The number of aromatic nitrogens is 1. The summed E-state index contributed by atoms with van der Waals surface area (Å²) in [5.41, 5.74) is 2.97. The topological polar surface area (TPSA) is 34.5 Å². The van der Waals surface area contributed by atoms with Crippen molar-refractivity contribution < 1.29 is 9.53 Å². The Bertz CT molecular complexity index is 897. The number of rotatable bonds is 2. The van der Waals surface area contributed by atoms with Gasteiger partial charge in [-0.15, -0.1) is 0 Å². The van der Waals surface area contributed by atoms with Crippen molar-refractivity contribution in [3.05, 3.63) is 48.0 Å². The van der Waals surface area contributed by atoms with Crippen LogP contribution in [-0.2, 0) is 4.74 Å². The molecule has 1 aliphatic heterocycles. The first-order chi connectivity index (χ1) is 11.2. The third-order valence-corrected chi connectivity index (χ3v) is 4.86. The first-order valence-electron chi connectivity index (χ1n) is 7.98. The highest BCUT2D eigenvalue weighted by Gasteiger charge is 2.25. The second kappa shape index (κ2) is 5.39. The lowest BCUT2D eigenvalue weighted by atomic mass is 10.1. The Kier molecular flexibility index (Phi) is 3.34. The molecule has 2 heterocycles. The molecule has 1 aromatic heterocycles. The molecule has 1 fully saturated rings. The fourth-order valence-corrected chi connectivity index (χ4v) is 3.76. The third kappa shape index (κ3) is 2.21. The van der Waals surface area contributed by atoms with Crippen LogP contribution in [0.2, 0.25) is 0 Å². The summed E-state index contributed by atoms with van der Waals surface area (Å²) in [6.07, 6.45) is 1.13. The predicted octanol–water partition coefficient (Wildman–Crippen LogP) is 3.46. The summed E-state index contributed by atoms with van der Waals surface area (Å²) in [6.45, 7) is 2.14. The van der Waals surface area contributed by atoms with Crippen LogP contribution < -0.4 is 0 Å². The minimum atomic E-state index is -0.285. The molecule has 0 bridgehead atoms. The zero-order valence-corrected chi connectivity index (χ0v) is 13.5. The van der Waals surface area contributed by atoms with Gasteiger partial charge in [0.2, 0.25) is 0 Å². The van der Waals surface area contributed by atoms with Gasteiger partial charge in [0, 0.05) is 28.9 Å². The molecule has 0 amide bonds. The van der Waals surface area contributed by atoms with Crippen LogP contribution in [0.3, 0.4) is 0 Å². The summed E-state index contributed by atoms with van der Waals surface area (Å²) in [5, 5.41) is 2.44. The van der Waals surface area contributed by atoms with Crippen molar-refractivity contribution in [1.29, 1.82) is 0 Å². The Morgan fingerprint density at radius 3 is 2.65 bits per heavy atom. The highest BCUT2D eigenvalue weighted by Crippen LogP contribution is 2.35. The standard InChI is InChI=1S/C19H20N2O2/c1-20-10-9-14(12-20)21-17-6-4-3-5-15(17)16-8-7-13(11-18(16)21)19(22)23-2/h3-8,11,14H,9-10,12H2,1-2H3/t14-/m1/s1. The smallest absolute Gasteiger partial charge is 0.337 e. The number of hydrogen-bond donors (Lipinski definition) is 0. The van der Waals surface area contributed by atoms with Crippen LogP contribution in [0.4, 0.5) is 0 Å². The quantitative estimate of drug-likeness (QED) is 0.680. The van der Waals surface area contributed by atoms with Gasteiger partial charge < -0.3 is 14.2 Å². The average Bonchev–Trinajstić information content (AvgIpc) is 3.14. The van der Waals surface area contributed by atoms with E-state index in [4.69, 9.17) is 4.74 Å². The van der Waals surface area contributed by atoms with E-state index in [9.17, 15) is 4.79 Å². The number of hydrogen-bond acceptors (Lipinski definition) is 3. The molecule has 1 saturated heterocycles. The lowest BCUT2D eigenvalue weighted by Crippen LogP contribution is -2.16. The molecule has 3 aromatic rings. The Balaban J connectivity index is 2.00. The minimum Gasteiger partial charge on any atom is -0.465 e. The second-order valence-corrected chi connectivity index (χ2v) is 6.32. The molecule has 4 rings (SSSR count). The van der Waals surface area contributed by atoms with Crippen molar-refractivity contribution >= 4 is 27.8 Å². The van der Waals surface area contributed by atoms with Crippen LogP contribution in [0.1, 0.15) is 22.8 Å². The zero-order valence-electron chi connectivity index (χ0n) is 13.5. The van der Waals surface area contributed by atoms with E-state index in [0.717, 1.165) is 25.0 Å². The maximum Gasteiger partial charge on any atom is 0.337 e. The third-order valence-electron chi connectivity index (χ3n) is 4.86. The van der Waals surface area contributed by atoms with Crippen LogP contribution in [-0.4, -0.2) is 42.7 Å². The number of carbonyl (C=O) groups is 1. The van der Waals surface area contributed by atoms with Crippen LogP contribution in [0.25, 0.3) is 21.8 Å². The van der Waals surface area contributed by atoms with Crippen molar-refractivity contribution in [2.24, 2.45) is 0 Å². The van der Waals surface area contributed by atoms with E-state index in [1.807, 2.05) is 18.2 Å². The van der Waals surface area contributed by atoms with E-state index in [1.165, 1.54) is 23.4 Å². The number of likely N-dealkylation sites (tertiary alicyclic amines) is 1. The Morgan fingerprint density at radius 1 is 1.13 bits per heavy atom. The molecule has 0 N–H and O–H groups in total. The molecule has 0 spiro atoms. The van der Waals surface area contributed by atoms with Gasteiger partial charge in [-0.05, 0) is 38.2 Å². The Labute approximate surface area is 135 Å². The zero-order chi connectivity index (χ0) is 16.0. The molecule has 1 atom stereocenters. The molecular weight excluding hydrogens is 288 g/mol. The highest BCUT2D eigenvalue weighted by molar-refractivity contribution is 6.09. The van der Waals surface area contributed by atoms with Crippen molar-refractivity contribution in [3.8, 4) is 0 Å². The van der Waals surface area contributed by atoms with E-state index < -0.39 is 0 Å². The van der Waals surface area contributed by atoms with E-state index in [2.05, 4.69) is 40.8 Å². The van der Waals surface area contributed by atoms with Gasteiger partial charge in [-0.1, -0.05) is 24.3 Å². The highest BCUT2D eigenvalue weighted by atomic mass is 16.5. The normalized spacial score (nSPS) is 18.8.